The van der Waals surface area contributed by atoms with Crippen molar-refractivity contribution in [2.45, 2.75) is 18.4 Å². The average Bonchev–Trinajstić information content (AvgIpc) is 2.48. The molecule has 0 unspecified atom stereocenters. The fraction of sp³-hybridized carbons (Fsp3) is 0.438. The van der Waals surface area contributed by atoms with Crippen molar-refractivity contribution in [2.24, 2.45) is 0 Å². The number of pyridine rings is 1. The summed E-state index contributed by atoms with van der Waals surface area (Å²) in [7, 11) is 2.10. The molecule has 20 heavy (non-hydrogen) atoms. The van der Waals surface area contributed by atoms with Crippen molar-refractivity contribution in [3.63, 3.8) is 0 Å². The smallest absolute Gasteiger partial charge is 0.126 e. The summed E-state index contributed by atoms with van der Waals surface area (Å²) in [5.74, 6) is 0.830. The molecule has 1 aromatic heterocycles. The quantitative estimate of drug-likeness (QED) is 0.897. The molecule has 1 saturated heterocycles. The van der Waals surface area contributed by atoms with Gasteiger partial charge in [-0.05, 0) is 38.1 Å². The third-order valence-electron chi connectivity index (χ3n) is 4.11. The Kier molecular flexibility index (Phi) is 3.59. The Bertz CT molecular complexity index is 591. The number of rotatable bonds is 3. The Labute approximate surface area is 119 Å². The third kappa shape index (κ3) is 2.92. The second kappa shape index (κ2) is 5.38. The van der Waals surface area contributed by atoms with E-state index >= 15 is 0 Å². The molecular formula is C16H21N3O. The minimum atomic E-state index is -0.611. The van der Waals surface area contributed by atoms with Gasteiger partial charge in [-0.15, -0.1) is 0 Å². The van der Waals surface area contributed by atoms with Gasteiger partial charge in [-0.2, -0.15) is 0 Å². The molecule has 1 fully saturated rings. The van der Waals surface area contributed by atoms with E-state index in [4.69, 9.17) is 0 Å². The van der Waals surface area contributed by atoms with Gasteiger partial charge >= 0.3 is 0 Å². The summed E-state index contributed by atoms with van der Waals surface area (Å²) < 4.78 is 0. The summed E-state index contributed by atoms with van der Waals surface area (Å²) in [5.41, 5.74) is 0.368. The molecule has 4 nitrogen and oxygen atoms in total. The number of para-hydroxylation sites is 1. The van der Waals surface area contributed by atoms with Crippen LogP contribution in [0.15, 0.2) is 36.4 Å². The van der Waals surface area contributed by atoms with E-state index in [-0.39, 0.29) is 0 Å². The number of anilines is 1. The lowest BCUT2D eigenvalue weighted by molar-refractivity contribution is -0.00408. The second-order valence-corrected chi connectivity index (χ2v) is 5.77. The molecule has 1 aromatic carbocycles. The molecule has 0 aliphatic carbocycles. The van der Waals surface area contributed by atoms with Crippen molar-refractivity contribution in [3.8, 4) is 0 Å². The molecule has 2 aromatic rings. The van der Waals surface area contributed by atoms with E-state index in [1.54, 1.807) is 0 Å². The number of aromatic nitrogens is 1. The van der Waals surface area contributed by atoms with Gasteiger partial charge in [0.15, 0.2) is 0 Å². The van der Waals surface area contributed by atoms with Gasteiger partial charge in [0.2, 0.25) is 0 Å². The first-order valence-electron chi connectivity index (χ1n) is 7.15. The lowest BCUT2D eigenvalue weighted by atomic mass is 9.91. The first-order chi connectivity index (χ1) is 9.65. The van der Waals surface area contributed by atoms with E-state index in [1.807, 2.05) is 24.3 Å². The van der Waals surface area contributed by atoms with Crippen molar-refractivity contribution >= 4 is 16.7 Å². The number of aliphatic hydroxyl groups is 1. The zero-order valence-electron chi connectivity index (χ0n) is 11.8. The molecule has 2 heterocycles. The van der Waals surface area contributed by atoms with Crippen LogP contribution >= 0.6 is 0 Å². The Balaban J connectivity index is 1.67. The summed E-state index contributed by atoms with van der Waals surface area (Å²) in [5, 5.41) is 15.0. The van der Waals surface area contributed by atoms with Crippen molar-refractivity contribution in [1.82, 2.24) is 9.88 Å². The minimum Gasteiger partial charge on any atom is -0.388 e. The predicted octanol–water partition coefficient (Wildman–Crippen LogP) is 2.10. The first-order valence-corrected chi connectivity index (χ1v) is 7.15. The number of nitrogens with zero attached hydrogens (tertiary/aromatic N) is 2. The lowest BCUT2D eigenvalue weighted by Gasteiger charge is -2.36. The topological polar surface area (TPSA) is 48.4 Å². The van der Waals surface area contributed by atoms with Crippen molar-refractivity contribution in [3.05, 3.63) is 36.4 Å². The van der Waals surface area contributed by atoms with Gasteiger partial charge in [0.1, 0.15) is 5.82 Å². The minimum absolute atomic E-state index is 0.562. The Hall–Kier alpha value is -1.65. The van der Waals surface area contributed by atoms with Crippen LogP contribution in [0, 0.1) is 0 Å². The average molecular weight is 271 g/mol. The Morgan fingerprint density at radius 3 is 2.75 bits per heavy atom. The zero-order valence-corrected chi connectivity index (χ0v) is 11.8. The van der Waals surface area contributed by atoms with E-state index in [0.29, 0.717) is 6.54 Å². The van der Waals surface area contributed by atoms with Gasteiger partial charge in [0, 0.05) is 25.0 Å². The monoisotopic (exact) mass is 271 g/mol. The highest BCUT2D eigenvalue weighted by molar-refractivity contribution is 5.80. The molecule has 1 aliphatic rings. The number of likely N-dealkylation sites (tertiary alicyclic amines) is 1. The predicted molar refractivity (Wildman–Crippen MR) is 81.9 cm³/mol. The SMILES string of the molecule is CN1CCC(O)(CNc2ccc3ccccc3n2)CC1. The molecule has 3 rings (SSSR count). The molecule has 1 aliphatic heterocycles. The molecule has 0 radical (unpaired) electrons. The van der Waals surface area contributed by atoms with E-state index in [2.05, 4.69) is 34.4 Å². The Morgan fingerprint density at radius 1 is 1.20 bits per heavy atom. The molecule has 2 N–H and O–H groups in total. The molecule has 106 valence electrons. The molecular weight excluding hydrogens is 250 g/mol. The maximum Gasteiger partial charge on any atom is 0.126 e. The van der Waals surface area contributed by atoms with Gasteiger partial charge in [0.05, 0.1) is 11.1 Å². The zero-order chi connectivity index (χ0) is 14.0. The highest BCUT2D eigenvalue weighted by Crippen LogP contribution is 2.22. The normalized spacial score (nSPS) is 19.1. The van der Waals surface area contributed by atoms with Gasteiger partial charge in [-0.3, -0.25) is 0 Å². The molecule has 0 atom stereocenters. The maximum absolute atomic E-state index is 10.5. The number of hydrogen-bond donors (Lipinski definition) is 2. The van der Waals surface area contributed by atoms with E-state index < -0.39 is 5.60 Å². The summed E-state index contributed by atoms with van der Waals surface area (Å²) in [6.45, 7) is 2.46. The highest BCUT2D eigenvalue weighted by Gasteiger charge is 2.30. The highest BCUT2D eigenvalue weighted by atomic mass is 16.3. The fourth-order valence-electron chi connectivity index (χ4n) is 2.63. The van der Waals surface area contributed by atoms with Crippen LogP contribution in [0.25, 0.3) is 10.9 Å². The molecule has 0 spiro atoms. The Morgan fingerprint density at radius 2 is 1.95 bits per heavy atom. The van der Waals surface area contributed by atoms with Gasteiger partial charge < -0.3 is 15.3 Å². The fourth-order valence-corrected chi connectivity index (χ4v) is 2.63. The van der Waals surface area contributed by atoms with Crippen molar-refractivity contribution in [2.75, 3.05) is 32.0 Å². The van der Waals surface area contributed by atoms with Gasteiger partial charge in [-0.1, -0.05) is 18.2 Å². The van der Waals surface area contributed by atoms with E-state index in [9.17, 15) is 5.11 Å². The largest absolute Gasteiger partial charge is 0.388 e. The van der Waals surface area contributed by atoms with Crippen LogP contribution in [0.1, 0.15) is 12.8 Å². The van der Waals surface area contributed by atoms with Crippen LogP contribution in [-0.4, -0.2) is 47.3 Å². The van der Waals surface area contributed by atoms with Crippen LogP contribution in [0.3, 0.4) is 0 Å². The van der Waals surface area contributed by atoms with Crippen molar-refractivity contribution < 1.29 is 5.11 Å². The maximum atomic E-state index is 10.5. The molecule has 0 saturated carbocycles. The summed E-state index contributed by atoms with van der Waals surface area (Å²) >= 11 is 0. The van der Waals surface area contributed by atoms with Gasteiger partial charge in [0.25, 0.3) is 0 Å². The first kappa shape index (κ1) is 13.3. The second-order valence-electron chi connectivity index (χ2n) is 5.77. The number of piperidine rings is 1. The van der Waals surface area contributed by atoms with E-state index in [0.717, 1.165) is 42.7 Å². The van der Waals surface area contributed by atoms with Gasteiger partial charge in [-0.25, -0.2) is 4.98 Å². The molecule has 4 heteroatoms. The standard InChI is InChI=1S/C16H21N3O/c1-19-10-8-16(20,9-11-19)12-17-15-7-6-13-4-2-3-5-14(13)18-15/h2-7,20H,8-12H2,1H3,(H,17,18). The van der Waals surface area contributed by atoms with E-state index in [1.165, 1.54) is 0 Å². The van der Waals surface area contributed by atoms with Crippen LogP contribution in [0.4, 0.5) is 5.82 Å². The van der Waals surface area contributed by atoms with Crippen LogP contribution in [-0.2, 0) is 0 Å². The van der Waals surface area contributed by atoms with Crippen LogP contribution in [0.5, 0.6) is 0 Å². The summed E-state index contributed by atoms with van der Waals surface area (Å²) in [4.78, 5) is 6.83. The number of hydrogen-bond acceptors (Lipinski definition) is 4. The third-order valence-corrected chi connectivity index (χ3v) is 4.11. The molecule has 0 bridgehead atoms. The van der Waals surface area contributed by atoms with Crippen molar-refractivity contribution in [1.29, 1.82) is 0 Å². The van der Waals surface area contributed by atoms with Crippen LogP contribution < -0.4 is 5.32 Å². The summed E-state index contributed by atoms with van der Waals surface area (Å²) in [6.07, 6.45) is 1.62. The molecule has 0 amide bonds. The number of nitrogens with one attached hydrogen (secondary N) is 1. The lowest BCUT2D eigenvalue weighted by Crippen LogP contribution is -2.47. The summed E-state index contributed by atoms with van der Waals surface area (Å²) in [6, 6.07) is 12.1. The number of fused-ring (bicyclic) bond motifs is 1. The number of benzene rings is 1. The van der Waals surface area contributed by atoms with Crippen LogP contribution in [0.2, 0.25) is 0 Å².